The summed E-state index contributed by atoms with van der Waals surface area (Å²) in [5.74, 6) is 0.120. The zero-order valence-electron chi connectivity index (χ0n) is 7.95. The summed E-state index contributed by atoms with van der Waals surface area (Å²) < 4.78 is 5.30. The minimum Gasteiger partial charge on any atom is -0.372 e. The van der Waals surface area contributed by atoms with Crippen LogP contribution in [0.25, 0.3) is 0 Å². The highest BCUT2D eigenvalue weighted by atomic mass is 16.5. The number of hydrogen-bond acceptors (Lipinski definition) is 3. The second-order valence-corrected chi connectivity index (χ2v) is 3.40. The van der Waals surface area contributed by atoms with Gasteiger partial charge in [0.05, 0.1) is 13.2 Å². The summed E-state index contributed by atoms with van der Waals surface area (Å²) in [5.41, 5.74) is 8.32. The van der Waals surface area contributed by atoms with Gasteiger partial charge in [-0.25, -0.2) is 0 Å². The predicted octanol–water partition coefficient (Wildman–Crippen LogP) is 1.25. The smallest absolute Gasteiger partial charge is 0.164 e. The zero-order chi connectivity index (χ0) is 9.97. The molecule has 0 aromatic heterocycles. The third-order valence-corrected chi connectivity index (χ3v) is 2.45. The molecule has 0 aliphatic carbocycles. The van der Waals surface area contributed by atoms with Crippen LogP contribution in [0.4, 0.5) is 0 Å². The summed E-state index contributed by atoms with van der Waals surface area (Å²) in [7, 11) is 0. The third-order valence-electron chi connectivity index (χ3n) is 2.45. The van der Waals surface area contributed by atoms with E-state index in [1.54, 1.807) is 0 Å². The average molecular weight is 191 g/mol. The van der Waals surface area contributed by atoms with E-state index in [2.05, 4.69) is 0 Å². The first kappa shape index (κ1) is 9.37. The molecule has 3 heteroatoms. The van der Waals surface area contributed by atoms with Crippen molar-refractivity contribution in [1.29, 1.82) is 0 Å². The number of hydrogen-bond donors (Lipinski definition) is 1. The van der Waals surface area contributed by atoms with Crippen LogP contribution in [0.2, 0.25) is 0 Å². The van der Waals surface area contributed by atoms with E-state index in [0.717, 1.165) is 16.7 Å². The van der Waals surface area contributed by atoms with Gasteiger partial charge >= 0.3 is 0 Å². The van der Waals surface area contributed by atoms with Crippen molar-refractivity contribution in [2.75, 3.05) is 6.54 Å². The second kappa shape index (κ2) is 3.90. The summed E-state index contributed by atoms with van der Waals surface area (Å²) in [5, 5.41) is 0. The van der Waals surface area contributed by atoms with Crippen LogP contribution in [0.5, 0.6) is 0 Å². The quantitative estimate of drug-likeness (QED) is 0.731. The lowest BCUT2D eigenvalue weighted by molar-refractivity contribution is 0.0980. The van der Waals surface area contributed by atoms with Crippen molar-refractivity contribution in [3.05, 3.63) is 34.9 Å². The lowest BCUT2D eigenvalue weighted by atomic mass is 9.99. The zero-order valence-corrected chi connectivity index (χ0v) is 7.95. The Morgan fingerprint density at radius 3 is 3.07 bits per heavy atom. The number of Topliss-reactive ketones (excluding diaryl/α,β-unsaturated/α-hetero) is 1. The number of rotatable bonds is 3. The van der Waals surface area contributed by atoms with E-state index in [4.69, 9.17) is 10.5 Å². The van der Waals surface area contributed by atoms with Crippen LogP contribution >= 0.6 is 0 Å². The lowest BCUT2D eigenvalue weighted by Crippen LogP contribution is -2.10. The molecule has 74 valence electrons. The summed E-state index contributed by atoms with van der Waals surface area (Å²) in [6.07, 6.45) is 0.413. The van der Waals surface area contributed by atoms with Crippen molar-refractivity contribution in [3.63, 3.8) is 0 Å². The molecule has 0 radical (unpaired) electrons. The fraction of sp³-hybridized carbons (Fsp3) is 0.364. The van der Waals surface area contributed by atoms with Crippen LogP contribution in [0.1, 0.15) is 27.9 Å². The molecule has 1 heterocycles. The van der Waals surface area contributed by atoms with Crippen molar-refractivity contribution in [2.45, 2.75) is 19.6 Å². The van der Waals surface area contributed by atoms with E-state index >= 15 is 0 Å². The van der Waals surface area contributed by atoms with Crippen LogP contribution in [0, 0.1) is 0 Å². The Balaban J connectivity index is 2.34. The van der Waals surface area contributed by atoms with Crippen LogP contribution in [-0.2, 0) is 18.0 Å². The topological polar surface area (TPSA) is 52.3 Å². The van der Waals surface area contributed by atoms with Gasteiger partial charge in [-0.2, -0.15) is 0 Å². The molecule has 14 heavy (non-hydrogen) atoms. The van der Waals surface area contributed by atoms with Gasteiger partial charge in [0.1, 0.15) is 0 Å². The predicted molar refractivity (Wildman–Crippen MR) is 52.9 cm³/mol. The highest BCUT2D eigenvalue weighted by Gasteiger charge is 2.18. The Morgan fingerprint density at radius 2 is 2.29 bits per heavy atom. The molecular formula is C11H13NO2. The van der Waals surface area contributed by atoms with Crippen LogP contribution in [0.3, 0.4) is 0 Å². The SMILES string of the molecule is NCCC(=O)c1cccc2c1COC2. The molecule has 1 aromatic rings. The van der Waals surface area contributed by atoms with E-state index in [0.29, 0.717) is 26.2 Å². The van der Waals surface area contributed by atoms with Gasteiger partial charge in [-0.3, -0.25) is 4.79 Å². The van der Waals surface area contributed by atoms with Gasteiger partial charge in [0.15, 0.2) is 5.78 Å². The fourth-order valence-corrected chi connectivity index (χ4v) is 1.73. The van der Waals surface area contributed by atoms with Crippen LogP contribution in [-0.4, -0.2) is 12.3 Å². The molecule has 1 aliphatic heterocycles. The van der Waals surface area contributed by atoms with E-state index in [-0.39, 0.29) is 5.78 Å². The molecule has 0 unspecified atom stereocenters. The van der Waals surface area contributed by atoms with Crippen LogP contribution in [0.15, 0.2) is 18.2 Å². The minimum atomic E-state index is 0.120. The molecule has 0 saturated heterocycles. The van der Waals surface area contributed by atoms with Gasteiger partial charge < -0.3 is 10.5 Å². The molecule has 0 saturated carbocycles. The summed E-state index contributed by atoms with van der Waals surface area (Å²) >= 11 is 0. The van der Waals surface area contributed by atoms with Gasteiger partial charge in [-0.1, -0.05) is 18.2 Å². The maximum absolute atomic E-state index is 11.7. The van der Waals surface area contributed by atoms with Gasteiger partial charge in [0, 0.05) is 12.0 Å². The largest absolute Gasteiger partial charge is 0.372 e. The summed E-state index contributed by atoms with van der Waals surface area (Å²) in [6, 6.07) is 5.75. The number of carbonyl (C=O) groups excluding carboxylic acids is 1. The molecule has 0 spiro atoms. The third kappa shape index (κ3) is 1.56. The molecule has 2 rings (SSSR count). The van der Waals surface area contributed by atoms with Crippen molar-refractivity contribution in [1.82, 2.24) is 0 Å². The maximum Gasteiger partial charge on any atom is 0.164 e. The summed E-state index contributed by atoms with van der Waals surface area (Å²) in [6.45, 7) is 1.59. The standard InChI is InChI=1S/C11H13NO2/c12-5-4-11(13)9-3-1-2-8-6-14-7-10(8)9/h1-3H,4-7,12H2. The fourth-order valence-electron chi connectivity index (χ4n) is 1.73. The molecule has 1 aliphatic rings. The highest BCUT2D eigenvalue weighted by molar-refractivity contribution is 5.97. The normalized spacial score (nSPS) is 14.1. The Kier molecular flexibility index (Phi) is 2.61. The van der Waals surface area contributed by atoms with E-state index in [1.165, 1.54) is 0 Å². The Hall–Kier alpha value is -1.19. The number of ether oxygens (including phenoxy) is 1. The minimum absolute atomic E-state index is 0.120. The van der Waals surface area contributed by atoms with Crippen molar-refractivity contribution in [3.8, 4) is 0 Å². The highest BCUT2D eigenvalue weighted by Crippen LogP contribution is 2.24. The number of nitrogens with two attached hydrogens (primary N) is 1. The summed E-state index contributed by atoms with van der Waals surface area (Å²) in [4.78, 5) is 11.7. The molecule has 0 atom stereocenters. The molecule has 0 amide bonds. The van der Waals surface area contributed by atoms with Crippen molar-refractivity contribution < 1.29 is 9.53 Å². The Bertz CT molecular complexity index is 360. The van der Waals surface area contributed by atoms with Gasteiger partial charge in [0.25, 0.3) is 0 Å². The second-order valence-electron chi connectivity index (χ2n) is 3.40. The first-order valence-corrected chi connectivity index (χ1v) is 4.74. The van der Waals surface area contributed by atoms with E-state index in [1.807, 2.05) is 18.2 Å². The number of benzene rings is 1. The first-order chi connectivity index (χ1) is 6.83. The number of carbonyl (C=O) groups is 1. The van der Waals surface area contributed by atoms with Crippen molar-refractivity contribution in [2.24, 2.45) is 5.73 Å². The monoisotopic (exact) mass is 191 g/mol. The number of fused-ring (bicyclic) bond motifs is 1. The van der Waals surface area contributed by atoms with Gasteiger partial charge in [0.2, 0.25) is 0 Å². The molecule has 3 nitrogen and oxygen atoms in total. The number of ketones is 1. The van der Waals surface area contributed by atoms with Gasteiger partial charge in [-0.05, 0) is 17.7 Å². The van der Waals surface area contributed by atoms with Crippen molar-refractivity contribution >= 4 is 5.78 Å². The van der Waals surface area contributed by atoms with E-state index in [9.17, 15) is 4.79 Å². The molecule has 0 bridgehead atoms. The average Bonchev–Trinajstić information content (AvgIpc) is 2.65. The maximum atomic E-state index is 11.7. The van der Waals surface area contributed by atoms with Crippen LogP contribution < -0.4 is 5.73 Å². The Labute approximate surface area is 82.9 Å². The lowest BCUT2D eigenvalue weighted by Gasteiger charge is -2.04. The Morgan fingerprint density at radius 1 is 1.43 bits per heavy atom. The molecule has 1 aromatic carbocycles. The first-order valence-electron chi connectivity index (χ1n) is 4.74. The molecule has 0 fully saturated rings. The molecule has 2 N–H and O–H groups in total. The van der Waals surface area contributed by atoms with E-state index < -0.39 is 0 Å². The molecular weight excluding hydrogens is 178 g/mol. The van der Waals surface area contributed by atoms with Gasteiger partial charge in [-0.15, -0.1) is 0 Å².